The molecule has 2 aromatic rings. The minimum atomic E-state index is -4.16. The Balaban J connectivity index is 1.51. The van der Waals surface area contributed by atoms with Crippen LogP contribution in [0.5, 0.6) is 0 Å². The highest BCUT2D eigenvalue weighted by molar-refractivity contribution is 7.90. The average molecular weight is 828 g/mol. The summed E-state index contributed by atoms with van der Waals surface area (Å²) in [6.45, 7) is 11.1. The highest BCUT2D eigenvalue weighted by atomic mass is 32.2. The number of esters is 3. The first-order valence-corrected chi connectivity index (χ1v) is 20.7. The summed E-state index contributed by atoms with van der Waals surface area (Å²) in [7, 11) is -4.16. The van der Waals surface area contributed by atoms with E-state index >= 15 is 0 Å². The summed E-state index contributed by atoms with van der Waals surface area (Å²) >= 11 is 0. The Morgan fingerprint density at radius 3 is 2.09 bits per heavy atom. The zero-order chi connectivity index (χ0) is 43.0. The number of ether oxygens (including phenoxy) is 4. The van der Waals surface area contributed by atoms with Crippen molar-refractivity contribution >= 4 is 33.7 Å². The molecule has 16 heteroatoms. The molecule has 2 aromatic carbocycles. The van der Waals surface area contributed by atoms with Gasteiger partial charge in [-0.05, 0) is 63.5 Å². The molecular formula is C42H53NO14S. The Kier molecular flexibility index (Phi) is 11.2. The summed E-state index contributed by atoms with van der Waals surface area (Å²) in [4.78, 5) is 56.0. The van der Waals surface area contributed by atoms with E-state index in [0.717, 1.165) is 6.92 Å². The molecular weight excluding hydrogens is 775 g/mol. The second-order valence-corrected chi connectivity index (χ2v) is 20.1. The molecule has 15 nitrogen and oxygen atoms in total. The number of carbonyl (C=O) groups is 4. The van der Waals surface area contributed by atoms with Gasteiger partial charge in [0.05, 0.1) is 40.4 Å². The van der Waals surface area contributed by atoms with Crippen molar-refractivity contribution in [1.82, 2.24) is 4.72 Å². The number of rotatable bonds is 9. The van der Waals surface area contributed by atoms with Gasteiger partial charge >= 0.3 is 17.9 Å². The van der Waals surface area contributed by atoms with Crippen LogP contribution in [0.25, 0.3) is 0 Å². The van der Waals surface area contributed by atoms with Crippen molar-refractivity contribution in [1.29, 1.82) is 0 Å². The normalized spacial score (nSPS) is 34.2. The van der Waals surface area contributed by atoms with E-state index in [2.05, 4.69) is 4.72 Å². The quantitative estimate of drug-likeness (QED) is 0.139. The van der Waals surface area contributed by atoms with Crippen molar-refractivity contribution in [2.75, 3.05) is 6.61 Å². The second-order valence-electron chi connectivity index (χ2n) is 17.7. The zero-order valence-electron chi connectivity index (χ0n) is 33.8. The molecule has 1 heterocycles. The van der Waals surface area contributed by atoms with Gasteiger partial charge in [0.2, 0.25) is 10.0 Å². The monoisotopic (exact) mass is 827 g/mol. The van der Waals surface area contributed by atoms with Gasteiger partial charge < -0.3 is 39.4 Å². The van der Waals surface area contributed by atoms with Crippen LogP contribution >= 0.6 is 0 Å². The van der Waals surface area contributed by atoms with Gasteiger partial charge in [-0.15, -0.1) is 0 Å². The zero-order valence-corrected chi connectivity index (χ0v) is 34.6. The maximum absolute atomic E-state index is 14.9. The second kappa shape index (κ2) is 14.9. The number of aliphatic hydroxyl groups is 4. The number of sulfonamides is 1. The Hall–Kier alpha value is -4.03. The summed E-state index contributed by atoms with van der Waals surface area (Å²) in [6.07, 6.45) is -10.8. The van der Waals surface area contributed by atoms with Gasteiger partial charge in [0.15, 0.2) is 17.5 Å². The smallest absolute Gasteiger partial charge is 0.338 e. The Morgan fingerprint density at radius 1 is 0.966 bits per heavy atom. The van der Waals surface area contributed by atoms with Crippen LogP contribution in [0, 0.1) is 16.7 Å². The fourth-order valence-electron chi connectivity index (χ4n) is 9.44. The lowest BCUT2D eigenvalue weighted by molar-refractivity contribution is -0.346. The number of nitrogens with one attached hydrogen (secondary N) is 1. The van der Waals surface area contributed by atoms with Gasteiger partial charge in [-0.1, -0.05) is 62.4 Å². The number of aliphatic hydroxyl groups excluding tert-OH is 3. The standard InChI is InChI=1S/C42H53NO14S/c1-22-26(55-37(50)32(47)30(24-15-11-9-12-16-24)43-58(52,53)38(3,4)5)20-42(51)35(56-36(49)25-17-13-10-14-18-25)33-40(8,34(48)31(46)29(22)39(42,6)7)27(45)19-28-41(33,21-54-28)57-23(2)44/h9-18,26-28,30-33,35,43,45-47,51H,19-21H2,1-8H3/t26-,27-,28+,30-,31+,32+,33-,35-,40+,41-,42+/m0/s1. The predicted octanol–water partition coefficient (Wildman–Crippen LogP) is 2.45. The van der Waals surface area contributed by atoms with Crippen molar-refractivity contribution in [2.24, 2.45) is 16.7 Å². The van der Waals surface area contributed by atoms with E-state index in [-0.39, 0.29) is 35.3 Å². The maximum Gasteiger partial charge on any atom is 0.338 e. The Morgan fingerprint density at radius 2 is 1.55 bits per heavy atom. The molecule has 2 saturated carbocycles. The molecule has 1 aliphatic heterocycles. The van der Waals surface area contributed by atoms with Gasteiger partial charge in [-0.25, -0.2) is 22.7 Å². The van der Waals surface area contributed by atoms with Crippen molar-refractivity contribution < 1.29 is 67.0 Å². The highest BCUT2D eigenvalue weighted by Gasteiger charge is 2.78. The van der Waals surface area contributed by atoms with Crippen LogP contribution in [0.2, 0.25) is 0 Å². The number of Topliss-reactive ketones (excluding diaryl/α,β-unsaturated/α-hetero) is 1. The number of carbonyl (C=O) groups excluding carboxylic acids is 4. The minimum absolute atomic E-state index is 0.0665. The molecule has 11 atom stereocenters. The molecule has 4 aliphatic rings. The van der Waals surface area contributed by atoms with Crippen LogP contribution in [0.15, 0.2) is 71.8 Å². The molecule has 0 aromatic heterocycles. The van der Waals surface area contributed by atoms with Crippen LogP contribution in [0.4, 0.5) is 0 Å². The number of ketones is 1. The summed E-state index contributed by atoms with van der Waals surface area (Å²) in [5.41, 5.74) is -7.48. The fraction of sp³-hybridized carbons (Fsp3) is 0.571. The van der Waals surface area contributed by atoms with Crippen LogP contribution in [-0.4, -0.2) is 112 Å². The van der Waals surface area contributed by atoms with Crippen LogP contribution in [0.1, 0.15) is 90.2 Å². The van der Waals surface area contributed by atoms with E-state index in [0.29, 0.717) is 0 Å². The van der Waals surface area contributed by atoms with Gasteiger partial charge in [0, 0.05) is 25.2 Å². The van der Waals surface area contributed by atoms with E-state index in [1.807, 2.05) is 0 Å². The summed E-state index contributed by atoms with van der Waals surface area (Å²) in [5, 5.41) is 49.0. The molecule has 0 unspecified atom stereocenters. The first-order chi connectivity index (χ1) is 26.8. The van der Waals surface area contributed by atoms with E-state index < -0.39 is 115 Å². The number of fused-ring (bicyclic) bond motifs is 5. The lowest BCUT2D eigenvalue weighted by Gasteiger charge is -2.67. The summed E-state index contributed by atoms with van der Waals surface area (Å²) in [5.74, 6) is -5.50. The van der Waals surface area contributed by atoms with E-state index in [4.69, 9.17) is 18.9 Å². The van der Waals surface area contributed by atoms with Gasteiger partial charge in [0.25, 0.3) is 0 Å². The fourth-order valence-corrected chi connectivity index (χ4v) is 10.4. The lowest BCUT2D eigenvalue weighted by atomic mass is 9.44. The van der Waals surface area contributed by atoms with Crippen LogP contribution in [0.3, 0.4) is 0 Å². The predicted molar refractivity (Wildman–Crippen MR) is 206 cm³/mol. The van der Waals surface area contributed by atoms with E-state index in [1.165, 1.54) is 72.7 Å². The molecule has 3 aliphatic carbocycles. The number of benzene rings is 2. The van der Waals surface area contributed by atoms with Crippen molar-refractivity contribution in [2.45, 2.75) is 127 Å². The minimum Gasteiger partial charge on any atom is -0.456 e. The largest absolute Gasteiger partial charge is 0.456 e. The Bertz CT molecular complexity index is 2100. The number of hydrogen-bond donors (Lipinski definition) is 5. The summed E-state index contributed by atoms with van der Waals surface area (Å²) in [6, 6.07) is 14.2. The van der Waals surface area contributed by atoms with Crippen molar-refractivity contribution in [3.05, 3.63) is 82.9 Å². The third-order valence-corrected chi connectivity index (χ3v) is 15.2. The third-order valence-electron chi connectivity index (χ3n) is 13.0. The van der Waals surface area contributed by atoms with E-state index in [9.17, 15) is 48.0 Å². The molecule has 0 spiro atoms. The van der Waals surface area contributed by atoms with E-state index in [1.54, 1.807) is 36.4 Å². The third kappa shape index (κ3) is 6.79. The van der Waals surface area contributed by atoms with Crippen molar-refractivity contribution in [3.8, 4) is 0 Å². The topological polar surface area (TPSA) is 232 Å². The molecule has 2 bridgehead atoms. The lowest BCUT2D eigenvalue weighted by Crippen LogP contribution is -2.81. The van der Waals surface area contributed by atoms with Gasteiger partial charge in [-0.3, -0.25) is 9.59 Å². The molecule has 1 saturated heterocycles. The molecule has 5 N–H and O–H groups in total. The molecule has 316 valence electrons. The molecule has 6 rings (SSSR count). The van der Waals surface area contributed by atoms with Crippen molar-refractivity contribution in [3.63, 3.8) is 0 Å². The average Bonchev–Trinajstić information content (AvgIpc) is 3.15. The molecule has 3 fully saturated rings. The highest BCUT2D eigenvalue weighted by Crippen LogP contribution is 2.64. The van der Waals surface area contributed by atoms with Gasteiger partial charge in [0.1, 0.15) is 30.0 Å². The first kappa shape index (κ1) is 43.5. The first-order valence-electron chi connectivity index (χ1n) is 19.2. The molecule has 0 radical (unpaired) electrons. The maximum atomic E-state index is 14.9. The Labute approximate surface area is 337 Å². The summed E-state index contributed by atoms with van der Waals surface area (Å²) < 4.78 is 51.8. The SMILES string of the molecule is CC(=O)O[C@@]12CO[C@@H]1C[C@H](O)[C@@]1(C)C(=O)[C@H](O)C3=C(C)[C@@H](OC(=O)[C@H](O)[C@@H](NS(=O)(=O)C(C)(C)C)c4ccccc4)C[C@@](O)([C@@H](OC(=O)c4ccccc4)[C@H]21)C3(C)C. The van der Waals surface area contributed by atoms with Crippen LogP contribution < -0.4 is 4.72 Å². The van der Waals surface area contributed by atoms with Crippen LogP contribution in [-0.2, 0) is 43.4 Å². The molecule has 58 heavy (non-hydrogen) atoms. The molecule has 0 amide bonds. The van der Waals surface area contributed by atoms with Gasteiger partial charge in [-0.2, -0.15) is 0 Å². The number of hydrogen-bond acceptors (Lipinski definition) is 14.